The maximum absolute atomic E-state index is 11.5. The second kappa shape index (κ2) is 24.8. The third kappa shape index (κ3) is 25.4. The molecule has 0 fully saturated rings. The van der Waals surface area contributed by atoms with Crippen molar-refractivity contribution in [2.24, 2.45) is 0 Å². The van der Waals surface area contributed by atoms with Crippen molar-refractivity contribution in [1.82, 2.24) is 10.2 Å². The fourth-order valence-corrected chi connectivity index (χ4v) is 3.62. The van der Waals surface area contributed by atoms with E-state index in [-0.39, 0.29) is 13.2 Å². The molecule has 0 aromatic rings. The molecule has 0 rings (SSSR count). The van der Waals surface area contributed by atoms with Crippen LogP contribution in [0.15, 0.2) is 0 Å². The number of hydrogen-bond acceptors (Lipinski definition) is 5. The van der Waals surface area contributed by atoms with Crippen molar-refractivity contribution in [1.29, 1.82) is 0 Å². The molecule has 0 aromatic carbocycles. The number of aliphatic hydroxyl groups is 1. The fourth-order valence-electron chi connectivity index (χ4n) is 3.62. The van der Waals surface area contributed by atoms with Gasteiger partial charge in [-0.05, 0) is 20.5 Å². The average molecular weight is 459 g/mol. The zero-order valence-electron chi connectivity index (χ0n) is 21.5. The van der Waals surface area contributed by atoms with E-state index >= 15 is 0 Å². The van der Waals surface area contributed by atoms with Gasteiger partial charge in [0.15, 0.2) is 0 Å². The van der Waals surface area contributed by atoms with Crippen LogP contribution in [0.1, 0.15) is 110 Å². The first-order valence-electron chi connectivity index (χ1n) is 13.4. The van der Waals surface area contributed by atoms with Gasteiger partial charge in [-0.2, -0.15) is 0 Å². The number of nitrogens with zero attached hydrogens (tertiary/aromatic N) is 1. The third-order valence-electron chi connectivity index (χ3n) is 5.69. The number of rotatable bonds is 24. The quantitative estimate of drug-likeness (QED) is 0.176. The third-order valence-corrected chi connectivity index (χ3v) is 5.69. The zero-order chi connectivity index (χ0) is 23.7. The maximum atomic E-state index is 11.5. The topological polar surface area (TPSA) is 71.0 Å². The minimum Gasteiger partial charge on any atom is -0.447 e. The largest absolute Gasteiger partial charge is 0.447 e. The molecule has 0 aliphatic rings. The van der Waals surface area contributed by atoms with Gasteiger partial charge in [0.2, 0.25) is 0 Å². The van der Waals surface area contributed by atoms with E-state index in [2.05, 4.69) is 12.2 Å². The van der Waals surface area contributed by atoms with Crippen molar-refractivity contribution in [3.05, 3.63) is 0 Å². The lowest BCUT2D eigenvalue weighted by molar-refractivity contribution is -0.000853. The molecule has 0 spiro atoms. The molecule has 0 saturated heterocycles. The Balaban J connectivity index is 3.21. The molecule has 192 valence electrons. The van der Waals surface area contributed by atoms with Crippen molar-refractivity contribution in [3.8, 4) is 0 Å². The van der Waals surface area contributed by atoms with Crippen LogP contribution in [0, 0.1) is 0 Å². The van der Waals surface area contributed by atoms with Gasteiger partial charge in [0, 0.05) is 19.7 Å². The first kappa shape index (κ1) is 31.1. The number of likely N-dealkylation sites (N-methyl/N-ethyl adjacent to an activating group) is 1. The van der Waals surface area contributed by atoms with Gasteiger partial charge in [-0.15, -0.1) is 0 Å². The highest BCUT2D eigenvalue weighted by atomic mass is 16.6. The van der Waals surface area contributed by atoms with E-state index in [0.29, 0.717) is 13.2 Å². The Morgan fingerprint density at radius 2 is 1.25 bits per heavy atom. The highest BCUT2D eigenvalue weighted by molar-refractivity contribution is 5.67. The Hall–Kier alpha value is -0.850. The molecule has 6 heteroatoms. The normalized spacial score (nSPS) is 12.3. The van der Waals surface area contributed by atoms with Crippen molar-refractivity contribution in [2.75, 3.05) is 47.0 Å². The van der Waals surface area contributed by atoms with Crippen molar-refractivity contribution in [2.45, 2.75) is 116 Å². The minimum absolute atomic E-state index is 0.0350. The number of carbonyl (C=O) groups is 1. The zero-order valence-corrected chi connectivity index (χ0v) is 21.5. The number of hydrogen-bond donors (Lipinski definition) is 2. The average Bonchev–Trinajstić information content (AvgIpc) is 2.76. The lowest BCUT2D eigenvalue weighted by Gasteiger charge is -2.13. The van der Waals surface area contributed by atoms with Crippen LogP contribution < -0.4 is 5.32 Å². The van der Waals surface area contributed by atoms with Crippen LogP contribution in [0.2, 0.25) is 0 Å². The second-order valence-corrected chi connectivity index (χ2v) is 9.36. The van der Waals surface area contributed by atoms with Gasteiger partial charge in [0.1, 0.15) is 12.7 Å². The monoisotopic (exact) mass is 458 g/mol. The number of ether oxygens (including phenoxy) is 2. The molecule has 0 aliphatic carbocycles. The molecule has 0 saturated carbocycles. The molecule has 0 radical (unpaired) electrons. The van der Waals surface area contributed by atoms with Crippen molar-refractivity contribution in [3.63, 3.8) is 0 Å². The van der Waals surface area contributed by atoms with Crippen LogP contribution in [-0.2, 0) is 9.47 Å². The summed E-state index contributed by atoms with van der Waals surface area (Å²) in [6, 6.07) is 0. The molecule has 2 N–H and O–H groups in total. The second-order valence-electron chi connectivity index (χ2n) is 9.36. The summed E-state index contributed by atoms with van der Waals surface area (Å²) in [5, 5.41) is 12.5. The molecular formula is C26H54N2O4. The van der Waals surface area contributed by atoms with E-state index in [1.165, 1.54) is 96.3 Å². The Bertz CT molecular complexity index is 394. The summed E-state index contributed by atoms with van der Waals surface area (Å²) in [5.41, 5.74) is 0. The fraction of sp³-hybridized carbons (Fsp3) is 0.962. The SMILES string of the molecule is CCCCCCCCCCCCCCCCCCOCC(O)COC(=O)NCCN(C)C. The van der Waals surface area contributed by atoms with Gasteiger partial charge in [0.25, 0.3) is 0 Å². The Labute approximate surface area is 198 Å². The van der Waals surface area contributed by atoms with E-state index in [4.69, 9.17) is 9.47 Å². The highest BCUT2D eigenvalue weighted by Gasteiger charge is 2.08. The predicted octanol–water partition coefficient (Wildman–Crippen LogP) is 5.91. The standard InChI is InChI=1S/C26H54N2O4/c1-4-5-6-7-8-9-10-11-12-13-14-15-16-17-18-19-22-31-23-25(29)24-32-26(30)27-20-21-28(2)3/h25,29H,4-24H2,1-3H3,(H,27,30). The van der Waals surface area contributed by atoms with E-state index < -0.39 is 12.2 Å². The van der Waals surface area contributed by atoms with Crippen LogP contribution >= 0.6 is 0 Å². The van der Waals surface area contributed by atoms with Crippen LogP contribution in [0.4, 0.5) is 4.79 Å². The number of amides is 1. The number of unbranched alkanes of at least 4 members (excludes halogenated alkanes) is 15. The smallest absolute Gasteiger partial charge is 0.407 e. The van der Waals surface area contributed by atoms with Gasteiger partial charge in [-0.1, -0.05) is 103 Å². The van der Waals surface area contributed by atoms with E-state index in [1.54, 1.807) is 0 Å². The first-order valence-corrected chi connectivity index (χ1v) is 13.4. The number of aliphatic hydroxyl groups excluding tert-OH is 1. The lowest BCUT2D eigenvalue weighted by Crippen LogP contribution is -2.34. The molecule has 32 heavy (non-hydrogen) atoms. The molecule has 0 bridgehead atoms. The van der Waals surface area contributed by atoms with Crippen LogP contribution in [0.25, 0.3) is 0 Å². The van der Waals surface area contributed by atoms with E-state index in [1.807, 2.05) is 19.0 Å². The minimum atomic E-state index is -0.768. The van der Waals surface area contributed by atoms with Gasteiger partial charge in [0.05, 0.1) is 6.61 Å². The van der Waals surface area contributed by atoms with E-state index in [9.17, 15) is 9.90 Å². The molecule has 0 heterocycles. The summed E-state index contributed by atoms with van der Waals surface area (Å²) in [6.07, 6.45) is 20.4. The van der Waals surface area contributed by atoms with Crippen LogP contribution in [0.3, 0.4) is 0 Å². The van der Waals surface area contributed by atoms with Crippen molar-refractivity contribution < 1.29 is 19.4 Å². The van der Waals surface area contributed by atoms with Crippen LogP contribution in [-0.4, -0.2) is 69.2 Å². The highest BCUT2D eigenvalue weighted by Crippen LogP contribution is 2.13. The van der Waals surface area contributed by atoms with Gasteiger partial charge in [-0.25, -0.2) is 4.79 Å². The molecular weight excluding hydrogens is 404 g/mol. The Kier molecular flexibility index (Phi) is 24.1. The summed E-state index contributed by atoms with van der Waals surface area (Å²) in [7, 11) is 3.88. The molecule has 0 aliphatic heterocycles. The Morgan fingerprint density at radius 3 is 1.72 bits per heavy atom. The molecule has 6 nitrogen and oxygen atoms in total. The number of alkyl carbamates (subject to hydrolysis) is 1. The Morgan fingerprint density at radius 1 is 0.781 bits per heavy atom. The van der Waals surface area contributed by atoms with Gasteiger partial charge < -0.3 is 24.8 Å². The number of carbonyl (C=O) groups excluding carboxylic acids is 1. The summed E-state index contributed by atoms with van der Waals surface area (Å²) < 4.78 is 10.5. The summed E-state index contributed by atoms with van der Waals surface area (Å²) in [5.74, 6) is 0. The molecule has 1 atom stereocenters. The van der Waals surface area contributed by atoms with Gasteiger partial charge in [-0.3, -0.25) is 0 Å². The summed E-state index contributed by atoms with van der Waals surface area (Å²) >= 11 is 0. The first-order chi connectivity index (χ1) is 15.6. The van der Waals surface area contributed by atoms with Gasteiger partial charge >= 0.3 is 6.09 Å². The molecule has 1 amide bonds. The molecule has 1 unspecified atom stereocenters. The predicted molar refractivity (Wildman–Crippen MR) is 134 cm³/mol. The molecule has 0 aromatic heterocycles. The van der Waals surface area contributed by atoms with Crippen LogP contribution in [0.5, 0.6) is 0 Å². The maximum Gasteiger partial charge on any atom is 0.407 e. The number of nitrogens with one attached hydrogen (secondary N) is 1. The lowest BCUT2D eigenvalue weighted by atomic mass is 10.0. The van der Waals surface area contributed by atoms with E-state index in [0.717, 1.165) is 13.0 Å². The summed E-state index contributed by atoms with van der Waals surface area (Å²) in [6.45, 7) is 4.39. The summed E-state index contributed by atoms with van der Waals surface area (Å²) in [4.78, 5) is 13.4. The van der Waals surface area contributed by atoms with Crippen molar-refractivity contribution >= 4 is 6.09 Å².